The van der Waals surface area contributed by atoms with Crippen molar-refractivity contribution in [2.24, 2.45) is 0 Å². The van der Waals surface area contributed by atoms with Gasteiger partial charge in [-0.15, -0.1) is 0 Å². The quantitative estimate of drug-likeness (QED) is 0.527. The topological polar surface area (TPSA) is 50.9 Å². The Morgan fingerprint density at radius 2 is 1.89 bits per heavy atom. The van der Waals surface area contributed by atoms with Crippen LogP contribution in [0.4, 0.5) is 16.5 Å². The van der Waals surface area contributed by atoms with Crippen molar-refractivity contribution in [1.82, 2.24) is 4.98 Å². The van der Waals surface area contributed by atoms with E-state index in [0.717, 1.165) is 26.7 Å². The Labute approximate surface area is 122 Å². The average Bonchev–Trinajstić information content (AvgIpc) is 2.73. The highest BCUT2D eigenvalue weighted by molar-refractivity contribution is 14.1. The number of aromatic nitrogens is 1. The van der Waals surface area contributed by atoms with E-state index in [1.165, 1.54) is 3.57 Å². The zero-order valence-electron chi connectivity index (χ0n) is 9.35. The summed E-state index contributed by atoms with van der Waals surface area (Å²) in [7, 11) is 0. The smallest absolute Gasteiger partial charge is 0.188 e. The fourth-order valence-electron chi connectivity index (χ4n) is 1.65. The highest BCUT2D eigenvalue weighted by Gasteiger charge is 2.04. The van der Waals surface area contributed by atoms with E-state index in [2.05, 4.69) is 45.0 Å². The first-order valence-electron chi connectivity index (χ1n) is 5.39. The maximum atomic E-state index is 5.76. The van der Waals surface area contributed by atoms with Gasteiger partial charge in [0.05, 0.1) is 10.2 Å². The van der Waals surface area contributed by atoms with Crippen LogP contribution in [-0.4, -0.2) is 4.98 Å². The number of fused-ring (bicyclic) bond motifs is 1. The Morgan fingerprint density at radius 3 is 2.67 bits per heavy atom. The van der Waals surface area contributed by atoms with Gasteiger partial charge in [0.15, 0.2) is 5.13 Å². The van der Waals surface area contributed by atoms with E-state index < -0.39 is 0 Å². The maximum Gasteiger partial charge on any atom is 0.188 e. The normalized spacial score (nSPS) is 10.7. The van der Waals surface area contributed by atoms with E-state index in [1.807, 2.05) is 30.3 Å². The number of hydrogen-bond acceptors (Lipinski definition) is 4. The monoisotopic (exact) mass is 367 g/mol. The van der Waals surface area contributed by atoms with Gasteiger partial charge in [0.2, 0.25) is 0 Å². The van der Waals surface area contributed by atoms with Gasteiger partial charge in [-0.3, -0.25) is 0 Å². The second-order valence-electron chi connectivity index (χ2n) is 3.88. The molecule has 0 saturated carbocycles. The average molecular weight is 367 g/mol. The third-order valence-electron chi connectivity index (χ3n) is 2.51. The molecule has 5 heteroatoms. The number of rotatable bonds is 2. The number of nitrogens with two attached hydrogens (primary N) is 1. The van der Waals surface area contributed by atoms with Crippen LogP contribution in [0.25, 0.3) is 10.2 Å². The summed E-state index contributed by atoms with van der Waals surface area (Å²) < 4.78 is 2.32. The Bertz CT molecular complexity index is 691. The first-order valence-corrected chi connectivity index (χ1v) is 7.29. The van der Waals surface area contributed by atoms with E-state index in [-0.39, 0.29) is 0 Å². The lowest BCUT2D eigenvalue weighted by atomic mass is 10.3. The van der Waals surface area contributed by atoms with Crippen LogP contribution in [0.5, 0.6) is 0 Å². The summed E-state index contributed by atoms with van der Waals surface area (Å²) in [5.74, 6) is 0. The summed E-state index contributed by atoms with van der Waals surface area (Å²) in [5, 5.41) is 4.19. The molecule has 2 aromatic carbocycles. The van der Waals surface area contributed by atoms with Gasteiger partial charge in [-0.25, -0.2) is 4.98 Å². The van der Waals surface area contributed by atoms with Crippen molar-refractivity contribution in [2.75, 3.05) is 11.1 Å². The molecule has 0 bridgehead atoms. The van der Waals surface area contributed by atoms with Crippen molar-refractivity contribution in [1.29, 1.82) is 0 Å². The first-order chi connectivity index (χ1) is 8.70. The molecule has 0 fully saturated rings. The van der Waals surface area contributed by atoms with Crippen molar-refractivity contribution in [3.05, 3.63) is 46.0 Å². The number of nitrogen functional groups attached to an aromatic ring is 1. The molecular weight excluding hydrogens is 357 g/mol. The van der Waals surface area contributed by atoms with Crippen LogP contribution in [0.3, 0.4) is 0 Å². The van der Waals surface area contributed by atoms with Crippen LogP contribution in [0.2, 0.25) is 0 Å². The van der Waals surface area contributed by atoms with Crippen LogP contribution < -0.4 is 11.1 Å². The predicted molar refractivity (Wildman–Crippen MR) is 86.5 cm³/mol. The fourth-order valence-corrected chi connectivity index (χ4v) is 2.95. The van der Waals surface area contributed by atoms with Gasteiger partial charge in [0.1, 0.15) is 0 Å². The lowest BCUT2D eigenvalue weighted by Gasteiger charge is -2.01. The lowest BCUT2D eigenvalue weighted by Crippen LogP contribution is -1.88. The molecule has 3 nitrogen and oxygen atoms in total. The molecule has 18 heavy (non-hydrogen) atoms. The summed E-state index contributed by atoms with van der Waals surface area (Å²) in [4.78, 5) is 4.52. The van der Waals surface area contributed by atoms with Gasteiger partial charge < -0.3 is 11.1 Å². The highest BCUT2D eigenvalue weighted by atomic mass is 127. The fraction of sp³-hybridized carbons (Fsp3) is 0. The number of nitrogens with one attached hydrogen (secondary N) is 1. The SMILES string of the molecule is Nc1ccc2nc(Nc3ccc(I)cc3)sc2c1. The Hall–Kier alpha value is -1.34. The van der Waals surface area contributed by atoms with Crippen molar-refractivity contribution in [2.45, 2.75) is 0 Å². The van der Waals surface area contributed by atoms with Gasteiger partial charge in [-0.2, -0.15) is 0 Å². The third-order valence-corrected chi connectivity index (χ3v) is 4.16. The van der Waals surface area contributed by atoms with Gasteiger partial charge in [-0.05, 0) is 65.1 Å². The molecule has 3 aromatic rings. The lowest BCUT2D eigenvalue weighted by molar-refractivity contribution is 1.44. The van der Waals surface area contributed by atoms with E-state index in [0.29, 0.717) is 0 Å². The first kappa shape index (κ1) is 11.7. The largest absolute Gasteiger partial charge is 0.399 e. The second kappa shape index (κ2) is 4.74. The van der Waals surface area contributed by atoms with Crippen molar-refractivity contribution >= 4 is 60.7 Å². The van der Waals surface area contributed by atoms with Crippen molar-refractivity contribution < 1.29 is 0 Å². The summed E-state index contributed by atoms with van der Waals surface area (Å²) in [6, 6.07) is 14.0. The van der Waals surface area contributed by atoms with E-state index in [1.54, 1.807) is 11.3 Å². The molecule has 3 N–H and O–H groups in total. The number of anilines is 3. The third kappa shape index (κ3) is 2.41. The molecule has 0 aliphatic rings. The number of halogens is 1. The molecule has 0 aliphatic carbocycles. The van der Waals surface area contributed by atoms with E-state index in [9.17, 15) is 0 Å². The zero-order valence-corrected chi connectivity index (χ0v) is 12.3. The molecule has 0 unspecified atom stereocenters. The van der Waals surface area contributed by atoms with Crippen LogP contribution >= 0.6 is 33.9 Å². The molecule has 0 atom stereocenters. The Kier molecular flexibility index (Phi) is 3.09. The molecule has 90 valence electrons. The van der Waals surface area contributed by atoms with E-state index >= 15 is 0 Å². The Balaban J connectivity index is 1.92. The molecule has 1 heterocycles. The van der Waals surface area contributed by atoms with Crippen LogP contribution in [0.15, 0.2) is 42.5 Å². The molecule has 0 saturated heterocycles. The molecule has 1 aromatic heterocycles. The standard InChI is InChI=1S/C13H10IN3S/c14-8-1-4-10(5-2-8)16-13-17-11-6-3-9(15)7-12(11)18-13/h1-7H,15H2,(H,16,17). The molecule has 0 spiro atoms. The predicted octanol–water partition coefficient (Wildman–Crippen LogP) is 4.23. The number of thiazole rings is 1. The molecule has 0 radical (unpaired) electrons. The van der Waals surface area contributed by atoms with Gasteiger partial charge in [0, 0.05) is 14.9 Å². The molecule has 0 aliphatic heterocycles. The van der Waals surface area contributed by atoms with E-state index in [4.69, 9.17) is 5.73 Å². The number of hydrogen-bond donors (Lipinski definition) is 2. The highest BCUT2D eigenvalue weighted by Crippen LogP contribution is 2.29. The summed E-state index contributed by atoms with van der Waals surface area (Å²) in [6.45, 7) is 0. The minimum absolute atomic E-state index is 0.770. The summed E-state index contributed by atoms with van der Waals surface area (Å²) in [6.07, 6.45) is 0. The van der Waals surface area contributed by atoms with Crippen LogP contribution in [-0.2, 0) is 0 Å². The van der Waals surface area contributed by atoms with Gasteiger partial charge in [-0.1, -0.05) is 11.3 Å². The van der Waals surface area contributed by atoms with Crippen molar-refractivity contribution in [3.8, 4) is 0 Å². The van der Waals surface area contributed by atoms with Gasteiger partial charge >= 0.3 is 0 Å². The minimum Gasteiger partial charge on any atom is -0.399 e. The minimum atomic E-state index is 0.770. The molecule has 0 amide bonds. The van der Waals surface area contributed by atoms with Crippen LogP contribution in [0.1, 0.15) is 0 Å². The Morgan fingerprint density at radius 1 is 1.11 bits per heavy atom. The molecular formula is C13H10IN3S. The van der Waals surface area contributed by atoms with Crippen LogP contribution in [0, 0.1) is 3.57 Å². The maximum absolute atomic E-state index is 5.76. The van der Waals surface area contributed by atoms with Crippen molar-refractivity contribution in [3.63, 3.8) is 0 Å². The number of nitrogens with zero attached hydrogens (tertiary/aromatic N) is 1. The number of benzene rings is 2. The van der Waals surface area contributed by atoms with Gasteiger partial charge in [0.25, 0.3) is 0 Å². The molecule has 3 rings (SSSR count). The second-order valence-corrected chi connectivity index (χ2v) is 6.15. The summed E-state index contributed by atoms with van der Waals surface area (Å²) in [5.41, 5.74) is 8.55. The summed E-state index contributed by atoms with van der Waals surface area (Å²) >= 11 is 3.89. The zero-order chi connectivity index (χ0) is 12.5.